The van der Waals surface area contributed by atoms with E-state index >= 15 is 0 Å². The van der Waals surface area contributed by atoms with Gasteiger partial charge in [0.1, 0.15) is 12.6 Å². The van der Waals surface area contributed by atoms with Gasteiger partial charge in [0.15, 0.2) is 0 Å². The van der Waals surface area contributed by atoms with Crippen LogP contribution in [0.15, 0.2) is 47.6 Å². The molecule has 0 amide bonds. The number of hydrogen-bond acceptors (Lipinski definition) is 5. The lowest BCUT2D eigenvalue weighted by Crippen LogP contribution is -3.14. The minimum atomic E-state index is -1.75. The predicted octanol–water partition coefficient (Wildman–Crippen LogP) is 0.338. The maximum absolute atomic E-state index is 12.0. The summed E-state index contributed by atoms with van der Waals surface area (Å²) < 4.78 is 0. The number of nitrogens with one attached hydrogen (secondary N) is 1. The van der Waals surface area contributed by atoms with Crippen LogP contribution in [0.25, 0.3) is 0 Å². The van der Waals surface area contributed by atoms with Crippen LogP contribution in [-0.2, 0) is 16.0 Å². The van der Waals surface area contributed by atoms with Crippen molar-refractivity contribution < 1.29 is 19.6 Å². The Balaban J connectivity index is 0.000000383. The topological polar surface area (TPSA) is 105 Å². The normalized spacial score (nSPS) is 24.3. The summed E-state index contributed by atoms with van der Waals surface area (Å²) in [7, 11) is 0. The molecular weight excluding hydrogens is 312 g/mol. The molecule has 1 N–H and O–H groups in total. The fourth-order valence-corrected chi connectivity index (χ4v) is 3.74. The van der Waals surface area contributed by atoms with Crippen molar-refractivity contribution in [1.82, 2.24) is 0 Å². The van der Waals surface area contributed by atoms with Gasteiger partial charge in [-0.3, -0.25) is 9.59 Å². The molecule has 0 radical (unpaired) electrons. The van der Waals surface area contributed by atoms with Gasteiger partial charge >= 0.3 is 0 Å². The van der Waals surface area contributed by atoms with E-state index < -0.39 is 5.09 Å². The third-order valence-corrected chi connectivity index (χ3v) is 4.79. The Morgan fingerprint density at radius 2 is 1.83 bits per heavy atom. The van der Waals surface area contributed by atoms with E-state index in [0.717, 1.165) is 30.5 Å². The second kappa shape index (κ2) is 6.37. The molecule has 7 nitrogen and oxygen atoms in total. The van der Waals surface area contributed by atoms with E-state index in [1.807, 2.05) is 6.08 Å². The molecule has 124 valence electrons. The smallest absolute Gasteiger partial charge is 0.234 e. The first-order valence-corrected chi connectivity index (χ1v) is 7.70. The van der Waals surface area contributed by atoms with Crippen LogP contribution in [0, 0.1) is 15.3 Å². The molecule has 24 heavy (non-hydrogen) atoms. The molecule has 0 bridgehead atoms. The lowest BCUT2D eigenvalue weighted by Gasteiger charge is -2.39. The zero-order chi connectivity index (χ0) is 17.3. The summed E-state index contributed by atoms with van der Waals surface area (Å²) in [5.74, 6) is -0.647. The monoisotopic (exact) mass is 328 g/mol. The summed E-state index contributed by atoms with van der Waals surface area (Å²) in [6, 6.07) is 9.05. The molecule has 4 rings (SSSR count). The van der Waals surface area contributed by atoms with E-state index in [-0.39, 0.29) is 11.6 Å². The number of carbonyl (C=O) groups excluding carboxylic acids is 2. The average molecular weight is 328 g/mol. The van der Waals surface area contributed by atoms with Gasteiger partial charge in [-0.05, 0) is 17.2 Å². The largest absolute Gasteiger partial charge is 0.356 e. The van der Waals surface area contributed by atoms with Crippen LogP contribution in [0.3, 0.4) is 0 Å². The van der Waals surface area contributed by atoms with E-state index in [1.54, 1.807) is 0 Å². The van der Waals surface area contributed by atoms with Gasteiger partial charge in [0.2, 0.25) is 11.6 Å². The number of allylic oxidation sites excluding steroid dienone is 2. The highest BCUT2D eigenvalue weighted by Gasteiger charge is 2.39. The fourth-order valence-electron chi connectivity index (χ4n) is 3.74. The molecule has 3 aliphatic rings. The molecule has 2 aliphatic heterocycles. The highest BCUT2D eigenvalue weighted by molar-refractivity contribution is 6.48. The highest BCUT2D eigenvalue weighted by Crippen LogP contribution is 2.31. The molecule has 0 saturated heterocycles. The van der Waals surface area contributed by atoms with E-state index in [0.29, 0.717) is 12.6 Å². The van der Waals surface area contributed by atoms with Crippen LogP contribution in [0.5, 0.6) is 0 Å². The van der Waals surface area contributed by atoms with Crippen LogP contribution in [-0.4, -0.2) is 29.7 Å². The lowest BCUT2D eigenvalue weighted by molar-refractivity contribution is -0.930. The minimum Gasteiger partial charge on any atom is -0.356 e. The summed E-state index contributed by atoms with van der Waals surface area (Å²) in [4.78, 5) is 33.2. The molecule has 0 spiro atoms. The van der Waals surface area contributed by atoms with Crippen LogP contribution >= 0.6 is 0 Å². The van der Waals surface area contributed by atoms with Crippen LogP contribution in [0.4, 0.5) is 0 Å². The zero-order valence-electron chi connectivity index (χ0n) is 12.9. The number of rotatable bonds is 0. The van der Waals surface area contributed by atoms with Gasteiger partial charge in [-0.25, -0.2) is 0 Å². The third-order valence-electron chi connectivity index (χ3n) is 4.79. The van der Waals surface area contributed by atoms with Crippen molar-refractivity contribution in [2.45, 2.75) is 18.9 Å². The Hall–Kier alpha value is -2.80. The molecule has 2 heterocycles. The Bertz CT molecular complexity index is 777. The summed E-state index contributed by atoms with van der Waals surface area (Å²) >= 11 is 0. The van der Waals surface area contributed by atoms with Crippen molar-refractivity contribution >= 4 is 11.6 Å². The maximum Gasteiger partial charge on any atom is 0.234 e. The average Bonchev–Trinajstić information content (AvgIpc) is 2.56. The summed E-state index contributed by atoms with van der Waals surface area (Å²) in [5, 5.41) is 14.8. The molecule has 7 heteroatoms. The highest BCUT2D eigenvalue weighted by atomic mass is 16.9. The molecule has 1 aromatic carbocycles. The number of fused-ring (bicyclic) bond motifs is 3. The van der Waals surface area contributed by atoms with E-state index in [1.165, 1.54) is 22.1 Å². The van der Waals surface area contributed by atoms with Gasteiger partial charge in [0, 0.05) is 18.4 Å². The first kappa shape index (κ1) is 16.1. The van der Waals surface area contributed by atoms with Crippen molar-refractivity contribution in [3.63, 3.8) is 0 Å². The molecule has 1 aromatic rings. The van der Waals surface area contributed by atoms with Gasteiger partial charge in [-0.2, -0.15) is 0 Å². The van der Waals surface area contributed by atoms with E-state index in [9.17, 15) is 9.59 Å². The van der Waals surface area contributed by atoms with Crippen molar-refractivity contribution in [3.8, 4) is 0 Å². The summed E-state index contributed by atoms with van der Waals surface area (Å²) in [6.07, 6.45) is 5.22. The van der Waals surface area contributed by atoms with Crippen molar-refractivity contribution in [3.05, 3.63) is 74.0 Å². The number of Topliss-reactive ketones (excluding diaryl/α,β-unsaturated/α-hetero) is 1. The van der Waals surface area contributed by atoms with Crippen LogP contribution in [0.1, 0.15) is 23.6 Å². The van der Waals surface area contributed by atoms with Gasteiger partial charge in [-0.15, -0.1) is 0 Å². The van der Waals surface area contributed by atoms with Crippen LogP contribution in [0.2, 0.25) is 0 Å². The van der Waals surface area contributed by atoms with Gasteiger partial charge < -0.3 is 20.2 Å². The second-order valence-electron chi connectivity index (χ2n) is 6.04. The first-order valence-electron chi connectivity index (χ1n) is 7.70. The first-order chi connectivity index (χ1) is 11.5. The molecule has 0 fully saturated rings. The fraction of sp³-hybridized carbons (Fsp3) is 0.294. The maximum atomic E-state index is 12.0. The van der Waals surface area contributed by atoms with E-state index in [2.05, 4.69) is 24.3 Å². The SMILES string of the molecule is O=C1C=CC2=C(C[NH+]3CCc4ccccc4C3C2)C1=O.O=[N+]([O-])[O-]. The molecular formula is C17H16N2O5. The van der Waals surface area contributed by atoms with Gasteiger partial charge in [0.25, 0.3) is 0 Å². The zero-order valence-corrected chi connectivity index (χ0v) is 12.9. The Labute approximate surface area is 138 Å². The number of nitrogens with zero attached hydrogens (tertiary/aromatic N) is 1. The number of carbonyl (C=O) groups is 2. The number of quaternary nitrogens is 1. The van der Waals surface area contributed by atoms with Crippen molar-refractivity contribution in [1.29, 1.82) is 0 Å². The van der Waals surface area contributed by atoms with Gasteiger partial charge in [0.05, 0.1) is 17.2 Å². The standard InChI is InChI=1S/C17H15NO2.NO3/c19-16-6-5-12-9-15-13-4-2-1-3-11(13)7-8-18(15)10-14(12)17(16)20;2-1(3)4/h1-6,15H,7-10H2;/q;-1/p+1. The Kier molecular flexibility index (Phi) is 4.26. The Morgan fingerprint density at radius 3 is 2.58 bits per heavy atom. The minimum absolute atomic E-state index is 0.285. The summed E-state index contributed by atoms with van der Waals surface area (Å²) in [6.45, 7) is 1.74. The Morgan fingerprint density at radius 1 is 1.12 bits per heavy atom. The quantitative estimate of drug-likeness (QED) is 0.320. The number of benzene rings is 1. The molecule has 2 unspecified atom stereocenters. The lowest BCUT2D eigenvalue weighted by atomic mass is 9.81. The molecule has 0 aromatic heterocycles. The van der Waals surface area contributed by atoms with Crippen molar-refractivity contribution in [2.24, 2.45) is 0 Å². The van der Waals surface area contributed by atoms with E-state index in [4.69, 9.17) is 15.3 Å². The number of hydrogen-bond donors (Lipinski definition) is 1. The summed E-state index contributed by atoms with van der Waals surface area (Å²) in [5.41, 5.74) is 4.67. The second-order valence-corrected chi connectivity index (χ2v) is 6.04. The number of ketones is 2. The van der Waals surface area contributed by atoms with Crippen molar-refractivity contribution in [2.75, 3.05) is 13.1 Å². The molecule has 1 aliphatic carbocycles. The third kappa shape index (κ3) is 2.98. The molecule has 2 atom stereocenters. The molecule has 0 saturated carbocycles. The van der Waals surface area contributed by atoms with Crippen LogP contribution < -0.4 is 4.90 Å². The van der Waals surface area contributed by atoms with Gasteiger partial charge in [-0.1, -0.05) is 30.3 Å². The predicted molar refractivity (Wildman–Crippen MR) is 84.7 cm³/mol.